The number of amides is 1. The zero-order valence-electron chi connectivity index (χ0n) is 14.0. The summed E-state index contributed by atoms with van der Waals surface area (Å²) in [7, 11) is -0.0957. The molecule has 4 aromatic rings. The van der Waals surface area contributed by atoms with Gasteiger partial charge < -0.3 is 5.73 Å². The van der Waals surface area contributed by atoms with Crippen LogP contribution in [0.15, 0.2) is 72.8 Å². The van der Waals surface area contributed by atoms with E-state index in [0.717, 1.165) is 32.7 Å². The Morgan fingerprint density at radius 2 is 1.22 bits per heavy atom. The van der Waals surface area contributed by atoms with Crippen LogP contribution >= 0.6 is 8.46 Å². The van der Waals surface area contributed by atoms with Crippen molar-refractivity contribution in [2.24, 2.45) is 5.73 Å². The molecule has 0 spiro atoms. The molecule has 4 aromatic carbocycles. The van der Waals surface area contributed by atoms with Crippen LogP contribution in [0, 0.1) is 75.5 Å². The number of carbonyl (C=O) groups is 1. The monoisotopic (exact) mass is 423 g/mol. The van der Waals surface area contributed by atoms with Gasteiger partial charge in [0.1, 0.15) is 0 Å². The molecule has 4 rings (SSSR count). The summed E-state index contributed by atoms with van der Waals surface area (Å²) >= 11 is 0. The molecule has 0 radical (unpaired) electrons. The van der Waals surface area contributed by atoms with Gasteiger partial charge in [-0.3, -0.25) is 9.36 Å². The first-order valence-electron chi connectivity index (χ1n) is 7.88. The summed E-state index contributed by atoms with van der Waals surface area (Å²) in [5, 5.41) is 4.53. The average molecular weight is 423 g/mol. The van der Waals surface area contributed by atoms with Crippen LogP contribution in [-0.4, -0.2) is 5.91 Å². The topological polar surface area (TPSA) is 60.2 Å². The van der Waals surface area contributed by atoms with E-state index in [4.69, 9.17) is 5.73 Å². The second kappa shape index (κ2) is 9.80. The Hall–Kier alpha value is -0.511. The summed E-state index contributed by atoms with van der Waals surface area (Å²) in [4.78, 5) is 12.1. The maximum atomic E-state index is 12.1. The zero-order valence-corrected chi connectivity index (χ0v) is 16.3. The van der Waals surface area contributed by atoms with Crippen LogP contribution in [0.5, 0.6) is 0 Å². The van der Waals surface area contributed by atoms with Crippen molar-refractivity contribution < 1.29 is 84.8 Å². The molecule has 27 heavy (non-hydrogen) atoms. The van der Waals surface area contributed by atoms with Gasteiger partial charge in [-0.15, -0.1) is 0 Å². The largest absolute Gasteiger partial charge is 0.366 e. The molecule has 0 unspecified atom stereocenters. The Bertz CT molecular complexity index is 1160. The van der Waals surface area contributed by atoms with E-state index >= 15 is 0 Å². The smallest absolute Gasteiger partial charge is 0.249 e. The number of hydrogen-bond donors (Lipinski definition) is 1. The third-order valence-corrected chi connectivity index (χ3v) is 5.02. The molecule has 3 nitrogen and oxygen atoms in total. The van der Waals surface area contributed by atoms with Crippen molar-refractivity contribution in [3.63, 3.8) is 0 Å². The standard InChI is InChI=1S/C21H14NO2P.2Ar/c22-21(23)17-11-9-13-5-1-3-7-15(13)19(17)20-16-8-4-2-6-14(16)10-12-18(20)25-24;;/h1-12H,(H2,22,23);;. The van der Waals surface area contributed by atoms with Gasteiger partial charge in [-0.2, -0.15) is 0 Å². The van der Waals surface area contributed by atoms with Gasteiger partial charge in [0.25, 0.3) is 0 Å². The van der Waals surface area contributed by atoms with Crippen molar-refractivity contribution in [1.82, 2.24) is 0 Å². The van der Waals surface area contributed by atoms with Gasteiger partial charge >= 0.3 is 0 Å². The van der Waals surface area contributed by atoms with E-state index < -0.39 is 5.91 Å². The number of benzene rings is 4. The summed E-state index contributed by atoms with van der Waals surface area (Å²) in [5.74, 6) is -0.498. The van der Waals surface area contributed by atoms with Gasteiger partial charge in [-0.1, -0.05) is 60.7 Å². The maximum Gasteiger partial charge on any atom is 0.249 e. The fraction of sp³-hybridized carbons (Fsp3) is 0. The van der Waals surface area contributed by atoms with Gasteiger partial charge in [0.05, 0.1) is 5.30 Å². The molecule has 0 bridgehead atoms. The van der Waals surface area contributed by atoms with Crippen LogP contribution in [0.3, 0.4) is 0 Å². The van der Waals surface area contributed by atoms with Crippen LogP contribution in [0.4, 0.5) is 0 Å². The predicted octanol–water partition coefficient (Wildman–Crippen LogP) is 4.68. The van der Waals surface area contributed by atoms with Crippen molar-refractivity contribution in [2.45, 2.75) is 0 Å². The van der Waals surface area contributed by atoms with Crippen molar-refractivity contribution in [3.8, 4) is 11.1 Å². The van der Waals surface area contributed by atoms with Crippen molar-refractivity contribution in [1.29, 1.82) is 0 Å². The van der Waals surface area contributed by atoms with E-state index in [1.807, 2.05) is 66.7 Å². The van der Waals surface area contributed by atoms with Gasteiger partial charge in [-0.25, -0.2) is 0 Å². The predicted molar refractivity (Wildman–Crippen MR) is 103 cm³/mol. The molecular weight excluding hydrogens is 409 g/mol. The first-order chi connectivity index (χ1) is 12.2. The van der Waals surface area contributed by atoms with E-state index in [-0.39, 0.29) is 83.9 Å². The Kier molecular flexibility index (Phi) is 8.27. The number of fused-ring (bicyclic) bond motifs is 2. The molecular formula is C21H14Ar2NO2P. The van der Waals surface area contributed by atoms with Gasteiger partial charge in [0, 0.05) is 92.2 Å². The number of primary amides is 1. The van der Waals surface area contributed by atoms with Crippen LogP contribution in [0.25, 0.3) is 32.7 Å². The van der Waals surface area contributed by atoms with Gasteiger partial charge in [-0.05, 0) is 33.7 Å². The molecule has 0 saturated heterocycles. The Morgan fingerprint density at radius 1 is 0.704 bits per heavy atom. The van der Waals surface area contributed by atoms with E-state index in [1.54, 1.807) is 6.07 Å². The average Bonchev–Trinajstić information content (AvgIpc) is 2.66. The summed E-state index contributed by atoms with van der Waals surface area (Å²) < 4.78 is 11.8. The Balaban J connectivity index is 0.00000131. The summed E-state index contributed by atoms with van der Waals surface area (Å²) in [6.07, 6.45) is 0. The fourth-order valence-corrected chi connectivity index (χ4v) is 3.80. The van der Waals surface area contributed by atoms with Crippen LogP contribution in [0.1, 0.15) is 10.4 Å². The third-order valence-electron chi connectivity index (χ3n) is 4.45. The first kappa shape index (κ1) is 22.8. The van der Waals surface area contributed by atoms with Crippen LogP contribution in [-0.2, 0) is 4.57 Å². The normalized spacial score (nSPS) is 10.4. The second-order valence-corrected chi connectivity index (χ2v) is 6.51. The molecule has 0 fully saturated rings. The third kappa shape index (κ3) is 4.26. The summed E-state index contributed by atoms with van der Waals surface area (Å²) in [6.45, 7) is 0. The molecule has 2 N–H and O–H groups in total. The van der Waals surface area contributed by atoms with Gasteiger partial charge in [0.15, 0.2) is 8.46 Å². The molecule has 0 atom stereocenters. The first-order valence-corrected chi connectivity index (χ1v) is 8.69. The summed E-state index contributed by atoms with van der Waals surface area (Å²) in [5.41, 5.74) is 7.62. The minimum absolute atomic E-state index is 0. The molecule has 1 amide bonds. The van der Waals surface area contributed by atoms with E-state index in [2.05, 4.69) is 0 Å². The molecule has 6 heteroatoms. The number of carbonyl (C=O) groups excluding carboxylic acids is 1. The minimum Gasteiger partial charge on any atom is -0.366 e. The Morgan fingerprint density at radius 3 is 1.78 bits per heavy atom. The van der Waals surface area contributed by atoms with Crippen molar-refractivity contribution in [3.05, 3.63) is 78.4 Å². The molecule has 0 aromatic heterocycles. The number of nitrogens with two attached hydrogens (primary N) is 1. The SMILES string of the molecule is NC(=O)c1ccc2ccccc2c1-c1c(P=O)ccc2ccccc12.[Ar].[Ar]. The van der Waals surface area contributed by atoms with E-state index in [9.17, 15) is 9.36 Å². The fourth-order valence-electron chi connectivity index (χ4n) is 3.35. The Labute approximate surface area is 218 Å². The quantitative estimate of drug-likeness (QED) is 0.487. The molecule has 0 aliphatic carbocycles. The van der Waals surface area contributed by atoms with E-state index in [1.165, 1.54) is 0 Å². The van der Waals surface area contributed by atoms with Crippen LogP contribution < -0.4 is 11.0 Å². The van der Waals surface area contributed by atoms with Crippen LogP contribution in [0.2, 0.25) is 0 Å². The number of rotatable bonds is 3. The molecule has 0 heterocycles. The second-order valence-electron chi connectivity index (χ2n) is 5.85. The zero-order chi connectivity index (χ0) is 17.4. The van der Waals surface area contributed by atoms with Crippen molar-refractivity contribution >= 4 is 41.2 Å². The minimum atomic E-state index is -0.498. The molecule has 0 aliphatic rings. The number of hydrogen-bond acceptors (Lipinski definition) is 2. The molecule has 0 aliphatic heterocycles. The summed E-state index contributed by atoms with van der Waals surface area (Å²) in [6, 6.07) is 23.1. The maximum absolute atomic E-state index is 12.1. The van der Waals surface area contributed by atoms with Crippen molar-refractivity contribution in [2.75, 3.05) is 0 Å². The molecule has 0 saturated carbocycles. The van der Waals surface area contributed by atoms with E-state index in [0.29, 0.717) is 10.9 Å². The van der Waals surface area contributed by atoms with Gasteiger partial charge in [0.2, 0.25) is 5.91 Å². The molecule has 136 valence electrons.